The van der Waals surface area contributed by atoms with Gasteiger partial charge in [0.15, 0.2) is 0 Å². The van der Waals surface area contributed by atoms with E-state index in [1.165, 1.54) is 4.90 Å². The molecule has 0 bridgehead atoms. The molecular formula is C16H22N2O2S. The van der Waals surface area contributed by atoms with Crippen molar-refractivity contribution in [1.29, 1.82) is 0 Å². The highest BCUT2D eigenvalue weighted by Gasteiger charge is 2.28. The summed E-state index contributed by atoms with van der Waals surface area (Å²) in [6.45, 7) is 3.24. The second-order valence-electron chi connectivity index (χ2n) is 5.15. The van der Waals surface area contributed by atoms with Gasteiger partial charge in [-0.2, -0.15) is 0 Å². The van der Waals surface area contributed by atoms with Gasteiger partial charge in [0.05, 0.1) is 0 Å². The van der Waals surface area contributed by atoms with Crippen LogP contribution in [-0.4, -0.2) is 41.6 Å². The summed E-state index contributed by atoms with van der Waals surface area (Å²) in [4.78, 5) is 27.1. The molecule has 1 aromatic carbocycles. The van der Waals surface area contributed by atoms with Crippen molar-refractivity contribution < 1.29 is 9.59 Å². The first-order valence-corrected chi connectivity index (χ1v) is 8.45. The SMILES string of the molecule is CCCC1NC(=O)CCN(CCSc2ccccc2)C1=O. The van der Waals surface area contributed by atoms with Crippen molar-refractivity contribution in [2.75, 3.05) is 18.8 Å². The van der Waals surface area contributed by atoms with Crippen LogP contribution in [0, 0.1) is 0 Å². The summed E-state index contributed by atoms with van der Waals surface area (Å²) < 4.78 is 0. The Labute approximate surface area is 130 Å². The fraction of sp³-hybridized carbons (Fsp3) is 0.500. The molecule has 1 aliphatic rings. The van der Waals surface area contributed by atoms with Crippen LogP contribution in [0.25, 0.3) is 0 Å². The van der Waals surface area contributed by atoms with Gasteiger partial charge in [-0.3, -0.25) is 9.59 Å². The number of rotatable bonds is 6. The first-order chi connectivity index (χ1) is 10.2. The third-order valence-electron chi connectivity index (χ3n) is 3.50. The largest absolute Gasteiger partial charge is 0.344 e. The molecule has 0 saturated carbocycles. The van der Waals surface area contributed by atoms with Crippen molar-refractivity contribution in [2.45, 2.75) is 37.1 Å². The van der Waals surface area contributed by atoms with E-state index in [1.807, 2.05) is 30.0 Å². The molecule has 1 N–H and O–H groups in total. The van der Waals surface area contributed by atoms with Gasteiger partial charge in [-0.1, -0.05) is 31.5 Å². The van der Waals surface area contributed by atoms with Crippen LogP contribution >= 0.6 is 11.8 Å². The Morgan fingerprint density at radius 1 is 1.29 bits per heavy atom. The summed E-state index contributed by atoms with van der Waals surface area (Å²) >= 11 is 1.74. The quantitative estimate of drug-likeness (QED) is 0.821. The topological polar surface area (TPSA) is 49.4 Å². The average molecular weight is 306 g/mol. The highest BCUT2D eigenvalue weighted by Crippen LogP contribution is 2.17. The van der Waals surface area contributed by atoms with E-state index in [4.69, 9.17) is 0 Å². The maximum Gasteiger partial charge on any atom is 0.245 e. The zero-order chi connectivity index (χ0) is 15.1. The second kappa shape index (κ2) is 8.08. The lowest BCUT2D eigenvalue weighted by molar-refractivity contribution is -0.133. The van der Waals surface area contributed by atoms with Gasteiger partial charge < -0.3 is 10.2 Å². The third-order valence-corrected chi connectivity index (χ3v) is 4.50. The highest BCUT2D eigenvalue weighted by atomic mass is 32.2. The number of benzene rings is 1. The van der Waals surface area contributed by atoms with Gasteiger partial charge in [0.1, 0.15) is 6.04 Å². The first-order valence-electron chi connectivity index (χ1n) is 7.46. The van der Waals surface area contributed by atoms with E-state index in [-0.39, 0.29) is 17.9 Å². The molecule has 0 radical (unpaired) electrons. The standard InChI is InChI=1S/C16H22N2O2S/c1-2-6-14-16(20)18(10-9-15(19)17-14)11-12-21-13-7-4-3-5-8-13/h3-5,7-8,14H,2,6,9-12H2,1H3,(H,17,19). The molecule has 5 heteroatoms. The normalized spacial score (nSPS) is 19.3. The summed E-state index contributed by atoms with van der Waals surface area (Å²) in [5.41, 5.74) is 0. The average Bonchev–Trinajstić information content (AvgIpc) is 2.62. The molecular weight excluding hydrogens is 284 g/mol. The number of hydrogen-bond donors (Lipinski definition) is 1. The van der Waals surface area contributed by atoms with E-state index >= 15 is 0 Å². The molecule has 1 fully saturated rings. The number of amides is 2. The molecule has 0 spiro atoms. The van der Waals surface area contributed by atoms with Gasteiger partial charge in [-0.15, -0.1) is 11.8 Å². The number of nitrogens with one attached hydrogen (secondary N) is 1. The summed E-state index contributed by atoms with van der Waals surface area (Å²) in [7, 11) is 0. The molecule has 1 aliphatic heterocycles. The monoisotopic (exact) mass is 306 g/mol. The smallest absolute Gasteiger partial charge is 0.245 e. The zero-order valence-electron chi connectivity index (χ0n) is 12.4. The third kappa shape index (κ3) is 4.77. The minimum atomic E-state index is -0.341. The van der Waals surface area contributed by atoms with Crippen LogP contribution in [0.15, 0.2) is 35.2 Å². The van der Waals surface area contributed by atoms with E-state index in [1.54, 1.807) is 11.8 Å². The van der Waals surface area contributed by atoms with Crippen molar-refractivity contribution in [3.63, 3.8) is 0 Å². The van der Waals surface area contributed by atoms with E-state index < -0.39 is 0 Å². The minimum absolute atomic E-state index is 0.0139. The second-order valence-corrected chi connectivity index (χ2v) is 6.31. The molecule has 1 aromatic rings. The number of thioether (sulfide) groups is 1. The summed E-state index contributed by atoms with van der Waals surface area (Å²) in [5, 5.41) is 2.83. The summed E-state index contributed by atoms with van der Waals surface area (Å²) in [5.74, 6) is 0.902. The van der Waals surface area contributed by atoms with Crippen LogP contribution in [0.5, 0.6) is 0 Å². The van der Waals surface area contributed by atoms with Crippen LogP contribution in [0.1, 0.15) is 26.2 Å². The fourth-order valence-corrected chi connectivity index (χ4v) is 3.29. The first kappa shape index (κ1) is 15.9. The van der Waals surface area contributed by atoms with E-state index in [0.29, 0.717) is 25.9 Å². The lowest BCUT2D eigenvalue weighted by atomic mass is 10.1. The Balaban J connectivity index is 1.88. The summed E-state index contributed by atoms with van der Waals surface area (Å²) in [6, 6.07) is 9.82. The number of carbonyl (C=O) groups excluding carboxylic acids is 2. The Morgan fingerprint density at radius 3 is 2.76 bits per heavy atom. The molecule has 1 saturated heterocycles. The predicted octanol–water partition coefficient (Wildman–Crippen LogP) is 2.30. The highest BCUT2D eigenvalue weighted by molar-refractivity contribution is 7.99. The van der Waals surface area contributed by atoms with Crippen LogP contribution in [0.4, 0.5) is 0 Å². The predicted molar refractivity (Wildman–Crippen MR) is 85.2 cm³/mol. The molecule has 114 valence electrons. The van der Waals surface area contributed by atoms with Gasteiger partial charge in [0.25, 0.3) is 0 Å². The Hall–Kier alpha value is -1.49. The molecule has 4 nitrogen and oxygen atoms in total. The molecule has 0 aliphatic carbocycles. The van der Waals surface area contributed by atoms with Crippen LogP contribution in [0.2, 0.25) is 0 Å². The van der Waals surface area contributed by atoms with Crippen molar-refractivity contribution in [2.24, 2.45) is 0 Å². The Morgan fingerprint density at radius 2 is 2.05 bits per heavy atom. The van der Waals surface area contributed by atoms with Gasteiger partial charge >= 0.3 is 0 Å². The number of hydrogen-bond acceptors (Lipinski definition) is 3. The Kier molecular flexibility index (Phi) is 6.11. The van der Waals surface area contributed by atoms with Crippen LogP contribution in [-0.2, 0) is 9.59 Å². The van der Waals surface area contributed by atoms with E-state index in [2.05, 4.69) is 17.4 Å². The maximum absolute atomic E-state index is 12.4. The van der Waals surface area contributed by atoms with Crippen molar-refractivity contribution >= 4 is 23.6 Å². The molecule has 0 aromatic heterocycles. The molecule has 1 unspecified atom stereocenters. The molecule has 2 rings (SSSR count). The summed E-state index contributed by atoms with van der Waals surface area (Å²) in [6.07, 6.45) is 2.01. The van der Waals surface area contributed by atoms with Crippen LogP contribution in [0.3, 0.4) is 0 Å². The van der Waals surface area contributed by atoms with Gasteiger partial charge in [-0.05, 0) is 18.6 Å². The number of carbonyl (C=O) groups is 2. The fourth-order valence-electron chi connectivity index (χ4n) is 2.39. The molecule has 21 heavy (non-hydrogen) atoms. The maximum atomic E-state index is 12.4. The lowest BCUT2D eigenvalue weighted by Crippen LogP contribution is -2.45. The van der Waals surface area contributed by atoms with E-state index in [9.17, 15) is 9.59 Å². The lowest BCUT2D eigenvalue weighted by Gasteiger charge is -2.23. The Bertz CT molecular complexity index is 478. The minimum Gasteiger partial charge on any atom is -0.344 e. The van der Waals surface area contributed by atoms with Gasteiger partial charge in [0.2, 0.25) is 11.8 Å². The molecule has 1 atom stereocenters. The van der Waals surface area contributed by atoms with Gasteiger partial charge in [0, 0.05) is 30.2 Å². The van der Waals surface area contributed by atoms with Crippen LogP contribution < -0.4 is 5.32 Å². The molecule has 2 amide bonds. The van der Waals surface area contributed by atoms with Gasteiger partial charge in [-0.25, -0.2) is 0 Å². The number of nitrogens with zero attached hydrogens (tertiary/aromatic N) is 1. The van der Waals surface area contributed by atoms with Crippen molar-refractivity contribution in [3.05, 3.63) is 30.3 Å². The van der Waals surface area contributed by atoms with E-state index in [0.717, 1.165) is 12.2 Å². The van der Waals surface area contributed by atoms with Crippen molar-refractivity contribution in [1.82, 2.24) is 10.2 Å². The van der Waals surface area contributed by atoms with Crippen molar-refractivity contribution in [3.8, 4) is 0 Å². The molecule has 1 heterocycles. The zero-order valence-corrected chi connectivity index (χ0v) is 13.2.